The number of carbonyl (C=O) groups is 1. The molecule has 0 spiro atoms. The largest absolute Gasteiger partial charge is 0.383 e. The second-order valence-electron chi connectivity index (χ2n) is 5.44. The summed E-state index contributed by atoms with van der Waals surface area (Å²) in [7, 11) is 1.68. The molecular weight excluding hydrogens is 332 g/mol. The Bertz CT molecular complexity index is 458. The molecule has 0 atom stereocenters. The molecule has 5 heteroatoms. The summed E-state index contributed by atoms with van der Waals surface area (Å²) in [6.45, 7) is 2.92. The molecule has 1 fully saturated rings. The van der Waals surface area contributed by atoms with E-state index in [0.29, 0.717) is 13.2 Å². The zero-order chi connectivity index (χ0) is 15.1. The highest BCUT2D eigenvalue weighted by Gasteiger charge is 2.45. The average molecular weight is 355 g/mol. The summed E-state index contributed by atoms with van der Waals surface area (Å²) in [6.07, 6.45) is 3.00. The van der Waals surface area contributed by atoms with Crippen molar-refractivity contribution in [3.8, 4) is 0 Å². The first kappa shape index (κ1) is 16.5. The summed E-state index contributed by atoms with van der Waals surface area (Å²) in [6, 6.07) is 8.13. The maximum atomic E-state index is 12.5. The molecule has 1 aliphatic rings. The normalized spacial score (nSPS) is 16.3. The number of amides is 1. The van der Waals surface area contributed by atoms with Gasteiger partial charge in [0.25, 0.3) is 0 Å². The quantitative estimate of drug-likeness (QED) is 0.703. The summed E-state index contributed by atoms with van der Waals surface area (Å²) in [5, 5.41) is 6.29. The number of methoxy groups -OCH3 is 1. The second kappa shape index (κ2) is 7.92. The fourth-order valence-electron chi connectivity index (χ4n) is 2.68. The lowest BCUT2D eigenvalue weighted by atomic mass is 9.64. The fourth-order valence-corrected chi connectivity index (χ4v) is 2.94. The Morgan fingerprint density at radius 1 is 1.24 bits per heavy atom. The number of halogens is 1. The number of nitrogens with one attached hydrogen (secondary N) is 2. The number of hydrogen-bond donors (Lipinski definition) is 2. The monoisotopic (exact) mass is 354 g/mol. The van der Waals surface area contributed by atoms with Gasteiger partial charge in [0.15, 0.2) is 0 Å². The van der Waals surface area contributed by atoms with Crippen molar-refractivity contribution in [1.82, 2.24) is 10.6 Å². The topological polar surface area (TPSA) is 50.4 Å². The third-order valence-electron chi connectivity index (χ3n) is 4.11. The SMILES string of the molecule is COCCNCCNC(=O)C1(c2ccc(Br)cc2)CCC1. The van der Waals surface area contributed by atoms with E-state index >= 15 is 0 Å². The Morgan fingerprint density at radius 3 is 2.52 bits per heavy atom. The van der Waals surface area contributed by atoms with E-state index in [1.165, 1.54) is 0 Å². The van der Waals surface area contributed by atoms with Crippen LogP contribution in [0.5, 0.6) is 0 Å². The first-order chi connectivity index (χ1) is 10.2. The van der Waals surface area contributed by atoms with Crippen LogP contribution in [0.3, 0.4) is 0 Å². The lowest BCUT2D eigenvalue weighted by Crippen LogP contribution is -2.50. The van der Waals surface area contributed by atoms with Crippen LogP contribution in [0.2, 0.25) is 0 Å². The third kappa shape index (κ3) is 4.05. The van der Waals surface area contributed by atoms with Crippen molar-refractivity contribution in [2.24, 2.45) is 0 Å². The molecule has 0 saturated heterocycles. The zero-order valence-electron chi connectivity index (χ0n) is 12.5. The molecule has 116 valence electrons. The molecule has 2 N–H and O–H groups in total. The van der Waals surface area contributed by atoms with Gasteiger partial charge in [-0.05, 0) is 30.5 Å². The summed E-state index contributed by atoms with van der Waals surface area (Å²) in [4.78, 5) is 12.5. The molecule has 0 aromatic heterocycles. The standard InChI is InChI=1S/C16H23BrN2O2/c1-21-12-11-18-9-10-19-15(20)16(7-2-8-16)13-3-5-14(17)6-4-13/h3-6,18H,2,7-12H2,1H3,(H,19,20). The Labute approximate surface area is 134 Å². The van der Waals surface area contributed by atoms with E-state index in [0.717, 1.165) is 42.4 Å². The molecule has 0 aliphatic heterocycles. The van der Waals surface area contributed by atoms with Crippen molar-refractivity contribution in [2.75, 3.05) is 33.4 Å². The third-order valence-corrected chi connectivity index (χ3v) is 4.64. The fraction of sp³-hybridized carbons (Fsp3) is 0.562. The van der Waals surface area contributed by atoms with Crippen LogP contribution in [0.4, 0.5) is 0 Å². The smallest absolute Gasteiger partial charge is 0.230 e. The van der Waals surface area contributed by atoms with Crippen LogP contribution in [0.15, 0.2) is 28.7 Å². The minimum atomic E-state index is -0.312. The maximum Gasteiger partial charge on any atom is 0.230 e. The van der Waals surface area contributed by atoms with Gasteiger partial charge in [-0.15, -0.1) is 0 Å². The van der Waals surface area contributed by atoms with Gasteiger partial charge < -0.3 is 15.4 Å². The summed E-state index contributed by atoms with van der Waals surface area (Å²) in [5.74, 6) is 0.157. The molecule has 1 aromatic rings. The second-order valence-corrected chi connectivity index (χ2v) is 6.36. The molecule has 0 unspecified atom stereocenters. The van der Waals surface area contributed by atoms with Crippen LogP contribution < -0.4 is 10.6 Å². The molecule has 1 aromatic carbocycles. The molecule has 0 radical (unpaired) electrons. The first-order valence-electron chi connectivity index (χ1n) is 7.43. The predicted octanol–water partition coefficient (Wildman–Crippen LogP) is 2.22. The summed E-state index contributed by atoms with van der Waals surface area (Å²) >= 11 is 3.44. The number of benzene rings is 1. The number of carbonyl (C=O) groups excluding carboxylic acids is 1. The highest BCUT2D eigenvalue weighted by Crippen LogP contribution is 2.44. The number of ether oxygens (including phenoxy) is 1. The Kier molecular flexibility index (Phi) is 6.21. The molecule has 0 heterocycles. The molecule has 1 amide bonds. The molecule has 1 aliphatic carbocycles. The highest BCUT2D eigenvalue weighted by atomic mass is 79.9. The van der Waals surface area contributed by atoms with Crippen LogP contribution in [-0.2, 0) is 14.9 Å². The minimum absolute atomic E-state index is 0.157. The maximum absolute atomic E-state index is 12.5. The van der Waals surface area contributed by atoms with Gasteiger partial charge in [-0.1, -0.05) is 34.5 Å². The Hall–Kier alpha value is -0.910. The van der Waals surface area contributed by atoms with E-state index < -0.39 is 0 Å². The van der Waals surface area contributed by atoms with E-state index in [4.69, 9.17) is 4.74 Å². The molecule has 0 bridgehead atoms. The van der Waals surface area contributed by atoms with E-state index in [2.05, 4.69) is 38.7 Å². The van der Waals surface area contributed by atoms with Crippen molar-refractivity contribution in [3.63, 3.8) is 0 Å². The van der Waals surface area contributed by atoms with Gasteiger partial charge in [0, 0.05) is 31.2 Å². The lowest BCUT2D eigenvalue weighted by molar-refractivity contribution is -0.129. The van der Waals surface area contributed by atoms with Gasteiger partial charge in [-0.2, -0.15) is 0 Å². The van der Waals surface area contributed by atoms with Crippen molar-refractivity contribution >= 4 is 21.8 Å². The van der Waals surface area contributed by atoms with E-state index in [1.54, 1.807) is 7.11 Å². The van der Waals surface area contributed by atoms with Crippen molar-refractivity contribution < 1.29 is 9.53 Å². The molecule has 2 rings (SSSR count). The summed E-state index contributed by atoms with van der Waals surface area (Å²) in [5.41, 5.74) is 0.814. The molecular formula is C16H23BrN2O2. The molecule has 21 heavy (non-hydrogen) atoms. The number of rotatable bonds is 8. The summed E-state index contributed by atoms with van der Waals surface area (Å²) < 4.78 is 6.01. The predicted molar refractivity (Wildman–Crippen MR) is 87.4 cm³/mol. The van der Waals surface area contributed by atoms with Crippen molar-refractivity contribution in [2.45, 2.75) is 24.7 Å². The van der Waals surface area contributed by atoms with Crippen LogP contribution in [0.25, 0.3) is 0 Å². The van der Waals surface area contributed by atoms with Crippen molar-refractivity contribution in [1.29, 1.82) is 0 Å². The van der Waals surface area contributed by atoms with Gasteiger partial charge in [0.1, 0.15) is 0 Å². The van der Waals surface area contributed by atoms with Crippen molar-refractivity contribution in [3.05, 3.63) is 34.3 Å². The first-order valence-corrected chi connectivity index (χ1v) is 8.22. The van der Waals surface area contributed by atoms with E-state index in [1.807, 2.05) is 12.1 Å². The number of hydrogen-bond acceptors (Lipinski definition) is 3. The van der Waals surface area contributed by atoms with E-state index in [-0.39, 0.29) is 11.3 Å². The van der Waals surface area contributed by atoms with Gasteiger partial charge in [-0.3, -0.25) is 4.79 Å². The van der Waals surface area contributed by atoms with Crippen LogP contribution in [0.1, 0.15) is 24.8 Å². The minimum Gasteiger partial charge on any atom is -0.383 e. The van der Waals surface area contributed by atoms with Gasteiger partial charge in [0.2, 0.25) is 5.91 Å². The van der Waals surface area contributed by atoms with Crippen LogP contribution >= 0.6 is 15.9 Å². The average Bonchev–Trinajstić information content (AvgIpc) is 2.43. The molecule has 4 nitrogen and oxygen atoms in total. The van der Waals surface area contributed by atoms with Gasteiger partial charge in [0.05, 0.1) is 12.0 Å². The van der Waals surface area contributed by atoms with Crippen LogP contribution in [-0.4, -0.2) is 39.3 Å². The van der Waals surface area contributed by atoms with Gasteiger partial charge >= 0.3 is 0 Å². The van der Waals surface area contributed by atoms with Crippen LogP contribution in [0, 0.1) is 0 Å². The van der Waals surface area contributed by atoms with E-state index in [9.17, 15) is 4.79 Å². The lowest BCUT2D eigenvalue weighted by Gasteiger charge is -2.40. The Balaban J connectivity index is 1.85. The zero-order valence-corrected chi connectivity index (χ0v) is 14.0. The van der Waals surface area contributed by atoms with Gasteiger partial charge in [-0.25, -0.2) is 0 Å². The molecule has 1 saturated carbocycles. The highest BCUT2D eigenvalue weighted by molar-refractivity contribution is 9.10. The Morgan fingerprint density at radius 2 is 1.95 bits per heavy atom.